The lowest BCUT2D eigenvalue weighted by Crippen LogP contribution is -2.37. The van der Waals surface area contributed by atoms with Crippen LogP contribution in [0.4, 0.5) is 10.2 Å². The third kappa shape index (κ3) is 4.10. The molecule has 3 heterocycles. The largest absolute Gasteiger partial charge is 0.303 e. The smallest absolute Gasteiger partial charge is 0.228 e. The number of fused-ring (bicyclic) bond motifs is 1. The molecule has 0 spiro atoms. The van der Waals surface area contributed by atoms with Crippen molar-refractivity contribution >= 4 is 11.7 Å². The van der Waals surface area contributed by atoms with Gasteiger partial charge in [0.15, 0.2) is 0 Å². The van der Waals surface area contributed by atoms with Crippen molar-refractivity contribution in [3.8, 4) is 0 Å². The minimum Gasteiger partial charge on any atom is -0.303 e. The molecule has 2 aliphatic heterocycles. The molecule has 1 saturated heterocycles. The molecule has 0 unspecified atom stereocenters. The van der Waals surface area contributed by atoms with Gasteiger partial charge in [0.05, 0.1) is 6.54 Å². The van der Waals surface area contributed by atoms with E-state index in [0.717, 1.165) is 60.3 Å². The molecule has 1 aliphatic carbocycles. The van der Waals surface area contributed by atoms with E-state index in [4.69, 9.17) is 9.97 Å². The van der Waals surface area contributed by atoms with Gasteiger partial charge in [-0.25, -0.2) is 14.4 Å². The molecule has 0 N–H and O–H groups in total. The van der Waals surface area contributed by atoms with Crippen LogP contribution in [0.5, 0.6) is 0 Å². The van der Waals surface area contributed by atoms with Gasteiger partial charge in [-0.3, -0.25) is 9.69 Å². The number of hydrogen-bond acceptors (Lipinski definition) is 4. The Balaban J connectivity index is 1.38. The Morgan fingerprint density at radius 3 is 2.63 bits per heavy atom. The molecule has 2 fully saturated rings. The lowest BCUT2D eigenvalue weighted by Gasteiger charge is -2.33. The molecule has 1 saturated carbocycles. The predicted octanol–water partition coefficient (Wildman–Crippen LogP) is 3.99. The van der Waals surface area contributed by atoms with E-state index in [1.807, 2.05) is 13.0 Å². The van der Waals surface area contributed by atoms with Crippen molar-refractivity contribution < 1.29 is 9.18 Å². The maximum atomic E-state index is 13.7. The van der Waals surface area contributed by atoms with Gasteiger partial charge in [-0.15, -0.1) is 0 Å². The van der Waals surface area contributed by atoms with Crippen LogP contribution in [0.1, 0.15) is 60.7 Å². The Kier molecular flexibility index (Phi) is 5.27. The summed E-state index contributed by atoms with van der Waals surface area (Å²) in [5.41, 5.74) is 2.82. The fourth-order valence-electron chi connectivity index (χ4n) is 4.81. The van der Waals surface area contributed by atoms with E-state index in [0.29, 0.717) is 25.3 Å². The summed E-state index contributed by atoms with van der Waals surface area (Å²) in [4.78, 5) is 26.9. The third-order valence-electron chi connectivity index (χ3n) is 6.75. The van der Waals surface area contributed by atoms with E-state index in [1.165, 1.54) is 31.5 Å². The first-order valence-electron chi connectivity index (χ1n) is 11.2. The van der Waals surface area contributed by atoms with Gasteiger partial charge >= 0.3 is 0 Å². The summed E-state index contributed by atoms with van der Waals surface area (Å²) >= 11 is 0. The molecule has 158 valence electrons. The van der Waals surface area contributed by atoms with Crippen molar-refractivity contribution in [2.75, 3.05) is 24.5 Å². The summed E-state index contributed by atoms with van der Waals surface area (Å²) in [5, 5.41) is 0. The number of rotatable bonds is 5. The van der Waals surface area contributed by atoms with Gasteiger partial charge in [0.2, 0.25) is 5.91 Å². The van der Waals surface area contributed by atoms with Gasteiger partial charge in [0.1, 0.15) is 17.5 Å². The zero-order chi connectivity index (χ0) is 20.7. The van der Waals surface area contributed by atoms with Crippen LogP contribution < -0.4 is 4.90 Å². The highest BCUT2D eigenvalue weighted by Gasteiger charge is 2.32. The lowest BCUT2D eigenvalue weighted by atomic mass is 9.94. The Morgan fingerprint density at radius 1 is 1.10 bits per heavy atom. The summed E-state index contributed by atoms with van der Waals surface area (Å²) in [6, 6.07) is 6.46. The number of benzene rings is 1. The molecule has 5 nitrogen and oxygen atoms in total. The summed E-state index contributed by atoms with van der Waals surface area (Å²) in [5.74, 6) is 2.64. The molecule has 0 atom stereocenters. The Bertz CT molecular complexity index is 950. The van der Waals surface area contributed by atoms with Crippen molar-refractivity contribution in [2.24, 2.45) is 5.92 Å². The number of amides is 1. The molecular formula is C24H29FN4O. The van der Waals surface area contributed by atoms with Gasteiger partial charge in [-0.05, 0) is 75.7 Å². The van der Waals surface area contributed by atoms with Gasteiger partial charge in [0.25, 0.3) is 0 Å². The average Bonchev–Trinajstić information content (AvgIpc) is 3.55. The number of hydrogen-bond donors (Lipinski definition) is 0. The molecule has 0 bridgehead atoms. The average molecular weight is 409 g/mol. The number of piperidine rings is 1. The van der Waals surface area contributed by atoms with E-state index in [-0.39, 0.29) is 11.7 Å². The fourth-order valence-corrected chi connectivity index (χ4v) is 4.81. The number of likely N-dealkylation sites (tertiary alicyclic amines) is 1. The number of anilines is 1. The van der Waals surface area contributed by atoms with Gasteiger partial charge in [-0.2, -0.15) is 0 Å². The molecule has 3 aliphatic rings. The lowest BCUT2D eigenvalue weighted by molar-refractivity contribution is -0.119. The monoisotopic (exact) mass is 408 g/mol. The predicted molar refractivity (Wildman–Crippen MR) is 114 cm³/mol. The van der Waals surface area contributed by atoms with Gasteiger partial charge in [-0.1, -0.05) is 12.1 Å². The van der Waals surface area contributed by atoms with Crippen molar-refractivity contribution in [2.45, 2.75) is 57.9 Å². The number of nitrogens with zero attached hydrogens (tertiary/aromatic N) is 4. The molecule has 0 radical (unpaired) electrons. The first-order chi connectivity index (χ1) is 14.6. The second kappa shape index (κ2) is 8.06. The van der Waals surface area contributed by atoms with Crippen LogP contribution >= 0.6 is 0 Å². The molecule has 1 aromatic carbocycles. The van der Waals surface area contributed by atoms with Crippen molar-refractivity contribution in [3.05, 3.63) is 52.7 Å². The molecule has 1 amide bonds. The maximum absolute atomic E-state index is 13.7. The van der Waals surface area contributed by atoms with Gasteiger partial charge < -0.3 is 4.90 Å². The Morgan fingerprint density at radius 2 is 1.90 bits per heavy atom. The molecule has 2 aromatic rings. The molecule has 6 heteroatoms. The summed E-state index contributed by atoms with van der Waals surface area (Å²) < 4.78 is 13.7. The number of carbonyl (C=O) groups is 1. The normalized spacial score (nSPS) is 20.5. The molecule has 5 rings (SSSR count). The summed E-state index contributed by atoms with van der Waals surface area (Å²) in [6.07, 6.45) is 6.06. The maximum Gasteiger partial charge on any atom is 0.228 e. The van der Waals surface area contributed by atoms with E-state index < -0.39 is 0 Å². The zero-order valence-corrected chi connectivity index (χ0v) is 17.6. The highest BCUT2D eigenvalue weighted by molar-refractivity contribution is 5.95. The fraction of sp³-hybridized carbons (Fsp3) is 0.542. The van der Waals surface area contributed by atoms with Crippen LogP contribution in [0, 0.1) is 18.7 Å². The SMILES string of the molecule is Cc1nc(C2CCN(CC3CC3)CC2)nc2c1CCC(=O)N2Cc1cccc(F)c1. The number of carbonyl (C=O) groups excluding carboxylic acids is 1. The van der Waals surface area contributed by atoms with Crippen LogP contribution in [0.15, 0.2) is 24.3 Å². The van der Waals surface area contributed by atoms with Crippen LogP contribution in [-0.4, -0.2) is 40.4 Å². The standard InChI is InChI=1S/C24H29FN4O/c1-16-21-7-8-22(30)29(15-18-3-2-4-20(25)13-18)24(21)27-23(26-16)19-9-11-28(12-10-19)14-17-5-6-17/h2-4,13,17,19H,5-12,14-15H2,1H3. The number of halogens is 1. The number of aromatic nitrogens is 2. The van der Waals surface area contributed by atoms with Crippen LogP contribution in [0.3, 0.4) is 0 Å². The Labute approximate surface area is 177 Å². The number of aryl methyl sites for hydroxylation is 1. The van der Waals surface area contributed by atoms with Gasteiger partial charge in [0, 0.05) is 30.1 Å². The first kappa shape index (κ1) is 19.6. The summed E-state index contributed by atoms with van der Waals surface area (Å²) in [7, 11) is 0. The van der Waals surface area contributed by atoms with E-state index in [9.17, 15) is 9.18 Å². The topological polar surface area (TPSA) is 49.3 Å². The zero-order valence-electron chi connectivity index (χ0n) is 17.6. The van der Waals surface area contributed by atoms with Crippen molar-refractivity contribution in [3.63, 3.8) is 0 Å². The van der Waals surface area contributed by atoms with Crippen LogP contribution in [0.2, 0.25) is 0 Å². The first-order valence-corrected chi connectivity index (χ1v) is 11.2. The minimum atomic E-state index is -0.283. The Hall–Kier alpha value is -2.34. The van der Waals surface area contributed by atoms with Crippen LogP contribution in [-0.2, 0) is 17.8 Å². The second-order valence-corrected chi connectivity index (χ2v) is 9.10. The minimum absolute atomic E-state index is 0.0510. The van der Waals surface area contributed by atoms with Crippen molar-refractivity contribution in [1.29, 1.82) is 0 Å². The summed E-state index contributed by atoms with van der Waals surface area (Å²) in [6.45, 7) is 5.83. The van der Waals surface area contributed by atoms with E-state index in [2.05, 4.69) is 4.90 Å². The second-order valence-electron chi connectivity index (χ2n) is 9.10. The molecule has 1 aromatic heterocycles. The molecular weight excluding hydrogens is 379 g/mol. The van der Waals surface area contributed by atoms with Crippen molar-refractivity contribution in [1.82, 2.24) is 14.9 Å². The highest BCUT2D eigenvalue weighted by Crippen LogP contribution is 2.35. The molecule has 30 heavy (non-hydrogen) atoms. The highest BCUT2D eigenvalue weighted by atomic mass is 19.1. The van der Waals surface area contributed by atoms with E-state index >= 15 is 0 Å². The van der Waals surface area contributed by atoms with E-state index in [1.54, 1.807) is 11.0 Å². The van der Waals surface area contributed by atoms with Crippen LogP contribution in [0.25, 0.3) is 0 Å². The third-order valence-corrected chi connectivity index (χ3v) is 6.75. The quantitative estimate of drug-likeness (QED) is 0.751.